The molecule has 0 aliphatic heterocycles. The average molecular weight is 212 g/mol. The van der Waals surface area contributed by atoms with Gasteiger partial charge in [0.2, 0.25) is 0 Å². The van der Waals surface area contributed by atoms with Crippen LogP contribution in [0.4, 0.5) is 0 Å². The van der Waals surface area contributed by atoms with E-state index in [1.807, 2.05) is 0 Å². The summed E-state index contributed by atoms with van der Waals surface area (Å²) < 4.78 is 0. The van der Waals surface area contributed by atoms with E-state index in [2.05, 4.69) is 26.0 Å². The number of hydrogen-bond donors (Lipinski definition) is 1. The summed E-state index contributed by atoms with van der Waals surface area (Å²) in [7, 11) is 0. The summed E-state index contributed by atoms with van der Waals surface area (Å²) >= 11 is 0. The molecule has 0 heterocycles. The molecule has 1 nitrogen and oxygen atoms in total. The minimum absolute atomic E-state index is 0.0836. The highest BCUT2D eigenvalue weighted by molar-refractivity contribution is 4.82. The van der Waals surface area contributed by atoms with Crippen molar-refractivity contribution in [1.82, 2.24) is 0 Å². The predicted octanol–water partition coefficient (Wildman–Crippen LogP) is 4.45. The third-order valence-corrected chi connectivity index (χ3v) is 2.68. The summed E-state index contributed by atoms with van der Waals surface area (Å²) in [5.41, 5.74) is 0. The Bertz CT molecular complexity index is 140. The number of aliphatic hydroxyl groups is 1. The lowest BCUT2D eigenvalue weighted by molar-refractivity contribution is 0.155. The van der Waals surface area contributed by atoms with Gasteiger partial charge in [-0.1, -0.05) is 51.7 Å². The maximum atomic E-state index is 9.49. The van der Waals surface area contributed by atoms with E-state index >= 15 is 0 Å². The molecule has 1 N–H and O–H groups in total. The molecule has 0 radical (unpaired) electrons. The van der Waals surface area contributed by atoms with Gasteiger partial charge < -0.3 is 5.11 Å². The lowest BCUT2D eigenvalue weighted by atomic mass is 10.1. The summed E-state index contributed by atoms with van der Waals surface area (Å²) in [6.07, 6.45) is 15.0. The summed E-state index contributed by atoms with van der Waals surface area (Å²) in [5.74, 6) is 0. The Morgan fingerprint density at radius 1 is 0.867 bits per heavy atom. The molecular weight excluding hydrogens is 184 g/mol. The molecule has 0 amide bonds. The van der Waals surface area contributed by atoms with E-state index in [1.54, 1.807) is 0 Å². The van der Waals surface area contributed by atoms with E-state index in [0.717, 1.165) is 25.7 Å². The van der Waals surface area contributed by atoms with Crippen molar-refractivity contribution < 1.29 is 5.11 Å². The molecule has 0 bridgehead atoms. The Kier molecular flexibility index (Phi) is 11.5. The Morgan fingerprint density at radius 3 is 2.27 bits per heavy atom. The fourth-order valence-electron chi connectivity index (χ4n) is 1.69. The van der Waals surface area contributed by atoms with Crippen molar-refractivity contribution in [3.05, 3.63) is 12.2 Å². The molecule has 0 aromatic heterocycles. The molecule has 90 valence electrons. The minimum atomic E-state index is -0.0836. The number of allylic oxidation sites excluding steroid dienone is 2. The molecule has 0 spiro atoms. The van der Waals surface area contributed by atoms with Gasteiger partial charge in [0, 0.05) is 0 Å². The highest BCUT2D eigenvalue weighted by Crippen LogP contribution is 2.06. The minimum Gasteiger partial charge on any atom is -0.393 e. The van der Waals surface area contributed by atoms with Gasteiger partial charge in [0.25, 0.3) is 0 Å². The van der Waals surface area contributed by atoms with Gasteiger partial charge in [0.1, 0.15) is 0 Å². The van der Waals surface area contributed by atoms with Crippen molar-refractivity contribution in [2.75, 3.05) is 0 Å². The van der Waals surface area contributed by atoms with Crippen LogP contribution in [0.15, 0.2) is 12.2 Å². The molecule has 0 saturated heterocycles. The van der Waals surface area contributed by atoms with Crippen molar-refractivity contribution in [3.63, 3.8) is 0 Å². The maximum absolute atomic E-state index is 9.49. The van der Waals surface area contributed by atoms with Crippen molar-refractivity contribution in [1.29, 1.82) is 0 Å². The van der Waals surface area contributed by atoms with Crippen LogP contribution in [-0.4, -0.2) is 11.2 Å². The first-order chi connectivity index (χ1) is 7.31. The van der Waals surface area contributed by atoms with Crippen LogP contribution in [0.3, 0.4) is 0 Å². The molecule has 0 aliphatic rings. The lowest BCUT2D eigenvalue weighted by Gasteiger charge is -2.05. The van der Waals surface area contributed by atoms with Crippen molar-refractivity contribution >= 4 is 0 Å². The molecule has 0 rings (SSSR count). The van der Waals surface area contributed by atoms with Crippen LogP contribution in [0.2, 0.25) is 0 Å². The lowest BCUT2D eigenvalue weighted by Crippen LogP contribution is -2.04. The first kappa shape index (κ1) is 14.7. The molecule has 1 atom stereocenters. The third kappa shape index (κ3) is 11.6. The number of unbranched alkanes of at least 4 members (excludes halogenated alkanes) is 4. The zero-order chi connectivity index (χ0) is 11.4. The first-order valence-electron chi connectivity index (χ1n) is 6.64. The zero-order valence-corrected chi connectivity index (χ0v) is 10.5. The maximum Gasteiger partial charge on any atom is 0.0543 e. The molecule has 1 heteroatoms. The molecule has 0 unspecified atom stereocenters. The number of aliphatic hydroxyl groups excluding tert-OH is 1. The second-order valence-corrected chi connectivity index (χ2v) is 4.34. The van der Waals surface area contributed by atoms with Crippen molar-refractivity contribution in [2.24, 2.45) is 0 Å². The highest BCUT2D eigenvalue weighted by atomic mass is 16.3. The van der Waals surface area contributed by atoms with Crippen molar-refractivity contribution in [3.8, 4) is 0 Å². The van der Waals surface area contributed by atoms with Crippen LogP contribution < -0.4 is 0 Å². The third-order valence-electron chi connectivity index (χ3n) is 2.68. The van der Waals surface area contributed by atoms with E-state index in [0.29, 0.717) is 0 Å². The van der Waals surface area contributed by atoms with Crippen LogP contribution in [-0.2, 0) is 0 Å². The van der Waals surface area contributed by atoms with Gasteiger partial charge in [0.15, 0.2) is 0 Å². The topological polar surface area (TPSA) is 20.2 Å². The van der Waals surface area contributed by atoms with Crippen LogP contribution in [0, 0.1) is 0 Å². The van der Waals surface area contributed by atoms with Crippen LogP contribution in [0.1, 0.15) is 71.6 Å². The van der Waals surface area contributed by atoms with E-state index in [4.69, 9.17) is 0 Å². The quantitative estimate of drug-likeness (QED) is 0.419. The van der Waals surface area contributed by atoms with Gasteiger partial charge in [-0.25, -0.2) is 0 Å². The zero-order valence-electron chi connectivity index (χ0n) is 10.5. The normalized spacial score (nSPS) is 13.5. The van der Waals surface area contributed by atoms with Gasteiger partial charge in [-0.05, 0) is 32.1 Å². The smallest absolute Gasteiger partial charge is 0.0543 e. The summed E-state index contributed by atoms with van der Waals surface area (Å²) in [6, 6.07) is 0. The number of rotatable bonds is 10. The fraction of sp³-hybridized carbons (Fsp3) is 0.857. The van der Waals surface area contributed by atoms with Gasteiger partial charge in [-0.15, -0.1) is 0 Å². The number of hydrogen-bond acceptors (Lipinski definition) is 1. The largest absolute Gasteiger partial charge is 0.393 e. The molecular formula is C14H28O. The SMILES string of the molecule is CCCCCC/C=C\CC[C@@H](O)CCC. The van der Waals surface area contributed by atoms with Crippen LogP contribution in [0.5, 0.6) is 0 Å². The summed E-state index contributed by atoms with van der Waals surface area (Å²) in [4.78, 5) is 0. The summed E-state index contributed by atoms with van der Waals surface area (Å²) in [5, 5.41) is 9.49. The first-order valence-corrected chi connectivity index (χ1v) is 6.64. The molecule has 0 aromatic rings. The van der Waals surface area contributed by atoms with E-state index < -0.39 is 0 Å². The van der Waals surface area contributed by atoms with Gasteiger partial charge in [-0.3, -0.25) is 0 Å². The summed E-state index contributed by atoms with van der Waals surface area (Å²) in [6.45, 7) is 4.36. The Labute approximate surface area is 95.6 Å². The molecule has 0 aromatic carbocycles. The van der Waals surface area contributed by atoms with Gasteiger partial charge >= 0.3 is 0 Å². The van der Waals surface area contributed by atoms with Gasteiger partial charge in [0.05, 0.1) is 6.10 Å². The van der Waals surface area contributed by atoms with E-state index in [-0.39, 0.29) is 6.10 Å². The van der Waals surface area contributed by atoms with Gasteiger partial charge in [-0.2, -0.15) is 0 Å². The van der Waals surface area contributed by atoms with E-state index in [1.165, 1.54) is 32.1 Å². The van der Waals surface area contributed by atoms with Crippen molar-refractivity contribution in [2.45, 2.75) is 77.7 Å². The monoisotopic (exact) mass is 212 g/mol. The second kappa shape index (κ2) is 11.8. The molecule has 0 saturated carbocycles. The average Bonchev–Trinajstić information content (AvgIpc) is 2.22. The second-order valence-electron chi connectivity index (χ2n) is 4.34. The Hall–Kier alpha value is -0.300. The Balaban J connectivity index is 3.16. The van der Waals surface area contributed by atoms with Crippen LogP contribution >= 0.6 is 0 Å². The molecule has 0 aliphatic carbocycles. The molecule has 15 heavy (non-hydrogen) atoms. The Morgan fingerprint density at radius 2 is 1.60 bits per heavy atom. The predicted molar refractivity (Wildman–Crippen MR) is 68.0 cm³/mol. The van der Waals surface area contributed by atoms with Crippen LogP contribution in [0.25, 0.3) is 0 Å². The fourth-order valence-corrected chi connectivity index (χ4v) is 1.69. The molecule has 0 fully saturated rings. The van der Waals surface area contributed by atoms with E-state index in [9.17, 15) is 5.11 Å². The highest BCUT2D eigenvalue weighted by Gasteiger charge is 1.99. The standard InChI is InChI=1S/C14H28O/c1-3-5-6-7-8-9-10-11-13-14(15)12-4-2/h9-10,14-15H,3-8,11-13H2,1-2H3/b10-9-/t14-/m0/s1.